The van der Waals surface area contributed by atoms with Crippen molar-refractivity contribution in [3.8, 4) is 0 Å². The Balaban J connectivity index is 1.99. The number of rotatable bonds is 4. The van der Waals surface area contributed by atoms with E-state index in [1.165, 1.54) is 0 Å². The summed E-state index contributed by atoms with van der Waals surface area (Å²) in [6, 6.07) is 4.80. The second kappa shape index (κ2) is 6.43. The summed E-state index contributed by atoms with van der Waals surface area (Å²) in [4.78, 5) is 14.4. The van der Waals surface area contributed by atoms with Crippen LogP contribution in [0.25, 0.3) is 0 Å². The largest absolute Gasteiger partial charge is 0.397 e. The highest BCUT2D eigenvalue weighted by molar-refractivity contribution is 6.31. The van der Waals surface area contributed by atoms with E-state index >= 15 is 0 Å². The zero-order valence-electron chi connectivity index (χ0n) is 11.7. The number of amides is 1. The summed E-state index contributed by atoms with van der Waals surface area (Å²) < 4.78 is 5.31. The first-order valence-electron chi connectivity index (χ1n) is 6.64. The molecular formula is C14H20ClN3O2. The summed E-state index contributed by atoms with van der Waals surface area (Å²) in [5, 5.41) is 3.37. The summed E-state index contributed by atoms with van der Waals surface area (Å²) in [6.45, 7) is 3.52. The normalized spacial score (nSPS) is 20.9. The lowest BCUT2D eigenvalue weighted by molar-refractivity contribution is -0.120. The number of ether oxygens (including phenoxy) is 1. The van der Waals surface area contributed by atoms with Crippen LogP contribution in [0.1, 0.15) is 13.3 Å². The molecule has 1 amide bonds. The minimum atomic E-state index is -0.228. The van der Waals surface area contributed by atoms with Crippen molar-refractivity contribution in [2.24, 2.45) is 0 Å². The van der Waals surface area contributed by atoms with Crippen LogP contribution in [-0.2, 0) is 9.53 Å². The summed E-state index contributed by atoms with van der Waals surface area (Å²) in [6.07, 6.45) is 1.16. The van der Waals surface area contributed by atoms with E-state index in [4.69, 9.17) is 22.1 Å². The topological polar surface area (TPSA) is 67.6 Å². The van der Waals surface area contributed by atoms with Crippen LogP contribution in [0.5, 0.6) is 0 Å². The summed E-state index contributed by atoms with van der Waals surface area (Å²) in [7, 11) is 1.70. The molecule has 0 spiro atoms. The van der Waals surface area contributed by atoms with Gasteiger partial charge >= 0.3 is 0 Å². The molecule has 1 aromatic carbocycles. The van der Waals surface area contributed by atoms with Crippen LogP contribution in [0.15, 0.2) is 18.2 Å². The molecule has 1 aromatic rings. The smallest absolute Gasteiger partial charge is 0.241 e. The Morgan fingerprint density at radius 3 is 3.00 bits per heavy atom. The summed E-state index contributed by atoms with van der Waals surface area (Å²) in [5.74, 6) is -0.0873. The molecule has 2 atom stereocenters. The van der Waals surface area contributed by atoms with Gasteiger partial charge in [-0.05, 0) is 31.5 Å². The third-order valence-electron chi connectivity index (χ3n) is 3.71. The fraction of sp³-hybridized carbons (Fsp3) is 0.500. The van der Waals surface area contributed by atoms with Gasteiger partial charge in [0.25, 0.3) is 0 Å². The Morgan fingerprint density at radius 2 is 2.35 bits per heavy atom. The molecule has 3 N–H and O–H groups in total. The minimum absolute atomic E-state index is 0.0873. The van der Waals surface area contributed by atoms with Crippen molar-refractivity contribution in [2.45, 2.75) is 25.5 Å². The average molecular weight is 298 g/mol. The molecule has 1 aliphatic rings. The zero-order valence-corrected chi connectivity index (χ0v) is 12.5. The molecule has 1 saturated heterocycles. The Bertz CT molecular complexity index is 495. The number of nitrogens with one attached hydrogen (secondary N) is 1. The van der Waals surface area contributed by atoms with Crippen molar-refractivity contribution in [3.63, 3.8) is 0 Å². The van der Waals surface area contributed by atoms with Crippen LogP contribution in [0.2, 0.25) is 5.02 Å². The van der Waals surface area contributed by atoms with Gasteiger partial charge in [0.1, 0.15) is 0 Å². The lowest BCUT2D eigenvalue weighted by Gasteiger charge is -2.23. The third kappa shape index (κ3) is 3.42. The van der Waals surface area contributed by atoms with Crippen LogP contribution in [0, 0.1) is 0 Å². The van der Waals surface area contributed by atoms with Gasteiger partial charge in [0.2, 0.25) is 5.91 Å². The lowest BCUT2D eigenvalue weighted by atomic mass is 10.2. The maximum absolute atomic E-state index is 12.3. The van der Waals surface area contributed by atoms with Crippen molar-refractivity contribution >= 4 is 28.9 Å². The molecule has 5 nitrogen and oxygen atoms in total. The van der Waals surface area contributed by atoms with E-state index in [0.717, 1.165) is 19.5 Å². The second-order valence-corrected chi connectivity index (χ2v) is 5.47. The monoisotopic (exact) mass is 297 g/mol. The second-order valence-electron chi connectivity index (χ2n) is 5.04. The SMILES string of the molecule is COC1CCN(C(C)C(=O)Nc2cc(Cl)ccc2N)C1. The molecule has 110 valence electrons. The highest BCUT2D eigenvalue weighted by Crippen LogP contribution is 2.24. The Kier molecular flexibility index (Phi) is 4.86. The van der Waals surface area contributed by atoms with Gasteiger partial charge in [-0.25, -0.2) is 0 Å². The Morgan fingerprint density at radius 1 is 1.60 bits per heavy atom. The molecule has 1 aliphatic heterocycles. The standard InChI is InChI=1S/C14H20ClN3O2/c1-9(18-6-5-11(8-18)20-2)14(19)17-13-7-10(15)3-4-12(13)16/h3-4,7,9,11H,5-6,8,16H2,1-2H3,(H,17,19). The number of methoxy groups -OCH3 is 1. The highest BCUT2D eigenvalue weighted by Gasteiger charge is 2.29. The number of anilines is 2. The van der Waals surface area contributed by atoms with Crippen molar-refractivity contribution in [2.75, 3.05) is 31.2 Å². The summed E-state index contributed by atoms with van der Waals surface area (Å²) in [5.41, 5.74) is 6.89. The van der Waals surface area contributed by atoms with E-state index in [1.807, 2.05) is 6.92 Å². The fourth-order valence-electron chi connectivity index (χ4n) is 2.34. The van der Waals surface area contributed by atoms with Gasteiger partial charge in [0, 0.05) is 25.2 Å². The molecule has 0 aromatic heterocycles. The number of carbonyl (C=O) groups is 1. The van der Waals surface area contributed by atoms with Gasteiger partial charge in [0.05, 0.1) is 23.5 Å². The number of nitrogen functional groups attached to an aromatic ring is 1. The van der Waals surface area contributed by atoms with E-state index in [-0.39, 0.29) is 18.1 Å². The molecular weight excluding hydrogens is 278 g/mol. The van der Waals surface area contributed by atoms with Crippen molar-refractivity contribution in [1.29, 1.82) is 0 Å². The number of nitrogens with zero attached hydrogens (tertiary/aromatic N) is 1. The fourth-order valence-corrected chi connectivity index (χ4v) is 2.51. The van der Waals surface area contributed by atoms with Crippen molar-refractivity contribution in [1.82, 2.24) is 4.90 Å². The Labute approximate surface area is 124 Å². The van der Waals surface area contributed by atoms with Crippen LogP contribution in [0.4, 0.5) is 11.4 Å². The van der Waals surface area contributed by atoms with E-state index in [9.17, 15) is 4.79 Å². The van der Waals surface area contributed by atoms with E-state index in [1.54, 1.807) is 25.3 Å². The lowest BCUT2D eigenvalue weighted by Crippen LogP contribution is -2.41. The first-order valence-corrected chi connectivity index (χ1v) is 7.01. The molecule has 2 unspecified atom stereocenters. The van der Waals surface area contributed by atoms with E-state index < -0.39 is 0 Å². The van der Waals surface area contributed by atoms with Crippen LogP contribution >= 0.6 is 11.6 Å². The predicted molar refractivity (Wildman–Crippen MR) is 80.9 cm³/mol. The van der Waals surface area contributed by atoms with E-state index in [0.29, 0.717) is 16.4 Å². The molecule has 0 aliphatic carbocycles. The molecule has 1 heterocycles. The minimum Gasteiger partial charge on any atom is -0.397 e. The zero-order chi connectivity index (χ0) is 14.7. The van der Waals surface area contributed by atoms with Gasteiger partial charge < -0.3 is 15.8 Å². The molecule has 0 saturated carbocycles. The quantitative estimate of drug-likeness (QED) is 0.834. The molecule has 0 radical (unpaired) electrons. The molecule has 20 heavy (non-hydrogen) atoms. The third-order valence-corrected chi connectivity index (χ3v) is 3.95. The first-order chi connectivity index (χ1) is 9.51. The first kappa shape index (κ1) is 15.1. The number of nitrogens with two attached hydrogens (primary N) is 1. The number of carbonyl (C=O) groups excluding carboxylic acids is 1. The Hall–Kier alpha value is -1.30. The maximum atomic E-state index is 12.3. The van der Waals surface area contributed by atoms with Gasteiger partial charge in [-0.15, -0.1) is 0 Å². The number of hydrogen-bond donors (Lipinski definition) is 2. The summed E-state index contributed by atoms with van der Waals surface area (Å²) >= 11 is 5.91. The number of benzene rings is 1. The van der Waals surface area contributed by atoms with Crippen LogP contribution < -0.4 is 11.1 Å². The highest BCUT2D eigenvalue weighted by atomic mass is 35.5. The number of likely N-dealkylation sites (tertiary alicyclic amines) is 1. The van der Waals surface area contributed by atoms with Crippen molar-refractivity contribution in [3.05, 3.63) is 23.2 Å². The molecule has 0 bridgehead atoms. The van der Waals surface area contributed by atoms with Gasteiger partial charge in [-0.3, -0.25) is 9.69 Å². The molecule has 2 rings (SSSR count). The van der Waals surface area contributed by atoms with Crippen LogP contribution in [-0.4, -0.2) is 43.2 Å². The van der Waals surface area contributed by atoms with Gasteiger partial charge in [-0.1, -0.05) is 11.6 Å². The molecule has 6 heteroatoms. The average Bonchev–Trinajstić information content (AvgIpc) is 2.90. The molecule has 1 fully saturated rings. The van der Waals surface area contributed by atoms with E-state index in [2.05, 4.69) is 10.2 Å². The van der Waals surface area contributed by atoms with Crippen LogP contribution in [0.3, 0.4) is 0 Å². The van der Waals surface area contributed by atoms with Gasteiger partial charge in [0.15, 0.2) is 0 Å². The van der Waals surface area contributed by atoms with Crippen molar-refractivity contribution < 1.29 is 9.53 Å². The number of hydrogen-bond acceptors (Lipinski definition) is 4. The number of halogens is 1. The van der Waals surface area contributed by atoms with Gasteiger partial charge in [-0.2, -0.15) is 0 Å². The maximum Gasteiger partial charge on any atom is 0.241 e. The predicted octanol–water partition coefficient (Wildman–Crippen LogP) is 1.97.